The molecule has 0 unspecified atom stereocenters. The van der Waals surface area contributed by atoms with Gasteiger partial charge in [-0.25, -0.2) is 0 Å². The maximum absolute atomic E-state index is 6.08. The first-order chi connectivity index (χ1) is 17.4. The van der Waals surface area contributed by atoms with Crippen molar-refractivity contribution < 1.29 is 0 Å². The van der Waals surface area contributed by atoms with Crippen molar-refractivity contribution in [1.82, 2.24) is 0 Å². The Kier molecular flexibility index (Phi) is 10.8. The molecular formula is C28H16Cl4S4. The van der Waals surface area contributed by atoms with Crippen molar-refractivity contribution in [3.8, 4) is 0 Å². The molecule has 0 radical (unpaired) electrons. The van der Waals surface area contributed by atoms with Crippen LogP contribution in [0.1, 0.15) is 0 Å². The van der Waals surface area contributed by atoms with Gasteiger partial charge < -0.3 is 0 Å². The number of thioether (sulfide) groups is 4. The molecule has 0 N–H and O–H groups in total. The van der Waals surface area contributed by atoms with E-state index in [9.17, 15) is 0 Å². The van der Waals surface area contributed by atoms with Gasteiger partial charge in [-0.1, -0.05) is 93.5 Å². The largest absolute Gasteiger partial charge is 0.100 e. The number of hydrogen-bond donors (Lipinski definition) is 0. The summed E-state index contributed by atoms with van der Waals surface area (Å²) in [7, 11) is 0. The lowest BCUT2D eigenvalue weighted by Crippen LogP contribution is -1.76. The third-order valence-electron chi connectivity index (χ3n) is 4.36. The SMILES string of the molecule is Clc1ccc(SC(=C=C=C(Sc2ccc(Cl)cc2)Sc2ccc(Cl)cc2)Sc2ccc(Cl)cc2)cc1. The number of benzene rings is 4. The Hall–Kier alpha value is -1.26. The van der Waals surface area contributed by atoms with Gasteiger partial charge in [0.25, 0.3) is 0 Å². The van der Waals surface area contributed by atoms with Crippen LogP contribution in [0.2, 0.25) is 20.1 Å². The van der Waals surface area contributed by atoms with Gasteiger partial charge in [-0.2, -0.15) is 0 Å². The lowest BCUT2D eigenvalue weighted by atomic mass is 10.4. The predicted octanol–water partition coefficient (Wildman–Crippen LogP) is 12.2. The summed E-state index contributed by atoms with van der Waals surface area (Å²) in [4.78, 5) is 4.23. The van der Waals surface area contributed by atoms with E-state index in [2.05, 4.69) is 11.5 Å². The first-order valence-electron chi connectivity index (χ1n) is 10.4. The fraction of sp³-hybridized carbons (Fsp3) is 0. The van der Waals surface area contributed by atoms with Crippen LogP contribution < -0.4 is 0 Å². The maximum Gasteiger partial charge on any atom is 0.100 e. The number of halogens is 4. The molecule has 0 saturated heterocycles. The van der Waals surface area contributed by atoms with Gasteiger partial charge in [0.1, 0.15) is 8.47 Å². The average molecular weight is 623 g/mol. The summed E-state index contributed by atoms with van der Waals surface area (Å²) in [6.45, 7) is 0. The van der Waals surface area contributed by atoms with E-state index in [-0.39, 0.29) is 0 Å². The molecule has 0 saturated carbocycles. The first kappa shape index (κ1) is 27.8. The standard InChI is InChI=1S/C28H16Cl4S4/c29-19-1-9-23(10-2-19)33-27(34-24-11-3-20(30)4-12-24)17-18-28(35-25-13-5-21(31)6-14-25)36-26-15-7-22(32)8-16-26/h1-16H. The van der Waals surface area contributed by atoms with Crippen molar-refractivity contribution in [2.45, 2.75) is 19.6 Å². The fourth-order valence-electron chi connectivity index (χ4n) is 2.68. The molecule has 0 spiro atoms. The van der Waals surface area contributed by atoms with E-state index >= 15 is 0 Å². The highest BCUT2D eigenvalue weighted by Crippen LogP contribution is 2.41. The van der Waals surface area contributed by atoms with Crippen molar-refractivity contribution in [3.05, 3.63) is 137 Å². The van der Waals surface area contributed by atoms with Crippen LogP contribution in [0.3, 0.4) is 0 Å². The molecule has 36 heavy (non-hydrogen) atoms. The highest BCUT2D eigenvalue weighted by atomic mass is 35.5. The first-order valence-corrected chi connectivity index (χ1v) is 15.2. The van der Waals surface area contributed by atoms with Crippen LogP contribution in [0.4, 0.5) is 0 Å². The highest BCUT2D eigenvalue weighted by Gasteiger charge is 2.07. The number of hydrogen-bond acceptors (Lipinski definition) is 4. The Morgan fingerprint density at radius 1 is 0.361 bits per heavy atom. The molecule has 4 aromatic carbocycles. The Bertz CT molecular complexity index is 1190. The summed E-state index contributed by atoms with van der Waals surface area (Å²) in [5.41, 5.74) is 6.81. The normalized spacial score (nSPS) is 10.4. The van der Waals surface area contributed by atoms with Gasteiger partial charge in [0.05, 0.1) is 0 Å². The zero-order valence-corrected chi connectivity index (χ0v) is 24.7. The second kappa shape index (κ2) is 14.0. The summed E-state index contributed by atoms with van der Waals surface area (Å²) < 4.78 is 1.87. The highest BCUT2D eigenvalue weighted by molar-refractivity contribution is 8.22. The van der Waals surface area contributed by atoms with Gasteiger partial charge in [0, 0.05) is 39.7 Å². The zero-order chi connectivity index (χ0) is 25.3. The molecule has 0 aliphatic rings. The molecule has 0 atom stereocenters. The molecule has 0 aliphatic carbocycles. The molecule has 0 aromatic heterocycles. The molecule has 0 aliphatic heterocycles. The fourth-order valence-corrected chi connectivity index (χ4v) is 7.03. The zero-order valence-electron chi connectivity index (χ0n) is 18.4. The molecule has 4 aromatic rings. The summed E-state index contributed by atoms with van der Waals surface area (Å²) >= 11 is 30.7. The molecule has 8 heteroatoms. The smallest absolute Gasteiger partial charge is 0.0843 e. The summed E-state index contributed by atoms with van der Waals surface area (Å²) in [6, 6.07) is 31.0. The minimum atomic E-state index is 0.701. The molecule has 0 amide bonds. The van der Waals surface area contributed by atoms with Gasteiger partial charge >= 0.3 is 0 Å². The Morgan fingerprint density at radius 3 is 0.750 bits per heavy atom. The van der Waals surface area contributed by atoms with Crippen molar-refractivity contribution in [1.29, 1.82) is 0 Å². The van der Waals surface area contributed by atoms with Crippen LogP contribution in [0.5, 0.6) is 0 Å². The third-order valence-corrected chi connectivity index (χ3v) is 9.55. The Balaban J connectivity index is 1.74. The van der Waals surface area contributed by atoms with E-state index < -0.39 is 0 Å². The topological polar surface area (TPSA) is 0 Å². The van der Waals surface area contributed by atoms with E-state index in [1.807, 2.05) is 97.1 Å². The van der Waals surface area contributed by atoms with Crippen LogP contribution in [0.15, 0.2) is 137 Å². The lowest BCUT2D eigenvalue weighted by molar-refractivity contribution is 1.46. The van der Waals surface area contributed by atoms with Gasteiger partial charge in [-0.15, -0.1) is 0 Å². The Labute approximate surface area is 248 Å². The van der Waals surface area contributed by atoms with Gasteiger partial charge in [-0.05, 0) is 109 Å². The van der Waals surface area contributed by atoms with Crippen LogP contribution in [-0.2, 0) is 0 Å². The van der Waals surface area contributed by atoms with E-state index in [4.69, 9.17) is 46.4 Å². The van der Waals surface area contributed by atoms with Crippen molar-refractivity contribution in [3.63, 3.8) is 0 Å². The molecule has 0 fully saturated rings. The van der Waals surface area contributed by atoms with Crippen molar-refractivity contribution in [2.75, 3.05) is 0 Å². The average Bonchev–Trinajstić information content (AvgIpc) is 2.88. The minimum Gasteiger partial charge on any atom is -0.0843 e. The van der Waals surface area contributed by atoms with Crippen molar-refractivity contribution >= 4 is 93.5 Å². The van der Waals surface area contributed by atoms with Crippen LogP contribution in [0, 0.1) is 0 Å². The number of rotatable bonds is 8. The second-order valence-electron chi connectivity index (χ2n) is 7.05. The van der Waals surface area contributed by atoms with E-state index in [0.29, 0.717) is 20.1 Å². The molecule has 0 nitrogen and oxygen atoms in total. The van der Waals surface area contributed by atoms with E-state index in [0.717, 1.165) is 28.1 Å². The van der Waals surface area contributed by atoms with Crippen LogP contribution in [-0.4, -0.2) is 0 Å². The van der Waals surface area contributed by atoms with Gasteiger partial charge in [0.2, 0.25) is 0 Å². The molecular weight excluding hydrogens is 606 g/mol. The summed E-state index contributed by atoms with van der Waals surface area (Å²) in [6.07, 6.45) is 0. The monoisotopic (exact) mass is 620 g/mol. The lowest BCUT2D eigenvalue weighted by Gasteiger charge is -2.06. The molecule has 180 valence electrons. The second-order valence-corrected chi connectivity index (χ2v) is 13.6. The van der Waals surface area contributed by atoms with Gasteiger partial charge in [0.15, 0.2) is 0 Å². The van der Waals surface area contributed by atoms with Crippen LogP contribution in [0.25, 0.3) is 0 Å². The van der Waals surface area contributed by atoms with Gasteiger partial charge in [-0.3, -0.25) is 0 Å². The van der Waals surface area contributed by atoms with Crippen molar-refractivity contribution in [2.24, 2.45) is 0 Å². The molecule has 4 rings (SSSR count). The quantitative estimate of drug-likeness (QED) is 0.142. The van der Waals surface area contributed by atoms with Crippen LogP contribution >= 0.6 is 93.5 Å². The van der Waals surface area contributed by atoms with E-state index in [1.165, 1.54) is 0 Å². The third kappa shape index (κ3) is 9.24. The Morgan fingerprint density at radius 2 is 0.556 bits per heavy atom. The predicted molar refractivity (Wildman–Crippen MR) is 163 cm³/mol. The summed E-state index contributed by atoms with van der Waals surface area (Å²) in [5.74, 6) is 0. The minimum absolute atomic E-state index is 0.701. The van der Waals surface area contributed by atoms with E-state index in [1.54, 1.807) is 47.0 Å². The molecule has 0 bridgehead atoms. The molecule has 0 heterocycles. The maximum atomic E-state index is 6.08. The summed E-state index contributed by atoms with van der Waals surface area (Å²) in [5, 5.41) is 2.80.